The molecular weight excluding hydrogens is 278 g/mol. The summed E-state index contributed by atoms with van der Waals surface area (Å²) in [7, 11) is -1.24. The Labute approximate surface area is 121 Å². The van der Waals surface area contributed by atoms with Crippen molar-refractivity contribution >= 4 is 15.7 Å². The van der Waals surface area contributed by atoms with E-state index in [2.05, 4.69) is 11.8 Å². The predicted octanol–water partition coefficient (Wildman–Crippen LogP) is -0.699. The Bertz CT molecular complexity index is 455. The fraction of sp³-hybridized carbons (Fsp3) is 0.923. The van der Waals surface area contributed by atoms with E-state index in [0.29, 0.717) is 18.9 Å². The van der Waals surface area contributed by atoms with Gasteiger partial charge in [0.25, 0.3) is 0 Å². The molecule has 2 heterocycles. The summed E-state index contributed by atoms with van der Waals surface area (Å²) in [5, 5.41) is 0. The van der Waals surface area contributed by atoms with E-state index in [4.69, 9.17) is 5.73 Å². The highest BCUT2D eigenvalue weighted by molar-refractivity contribution is 7.91. The first-order valence-corrected chi connectivity index (χ1v) is 9.03. The Balaban J connectivity index is 1.88. The Morgan fingerprint density at radius 2 is 2.10 bits per heavy atom. The van der Waals surface area contributed by atoms with Crippen LogP contribution in [0.3, 0.4) is 0 Å². The van der Waals surface area contributed by atoms with E-state index in [0.717, 1.165) is 19.5 Å². The van der Waals surface area contributed by atoms with Crippen LogP contribution in [0.2, 0.25) is 0 Å². The molecule has 2 aliphatic heterocycles. The third-order valence-corrected chi connectivity index (χ3v) is 6.03. The average molecular weight is 303 g/mol. The zero-order chi connectivity index (χ0) is 14.9. The number of carbonyl (C=O) groups excluding carboxylic acids is 1. The highest BCUT2D eigenvalue weighted by atomic mass is 32.2. The molecule has 20 heavy (non-hydrogen) atoms. The lowest BCUT2D eigenvalue weighted by Gasteiger charge is -2.35. The van der Waals surface area contributed by atoms with Crippen molar-refractivity contribution in [2.75, 3.05) is 38.2 Å². The van der Waals surface area contributed by atoms with Crippen LogP contribution in [0.25, 0.3) is 0 Å². The van der Waals surface area contributed by atoms with Crippen LogP contribution in [-0.2, 0) is 14.6 Å². The molecular formula is C13H25N3O3S. The van der Waals surface area contributed by atoms with Gasteiger partial charge in [-0.1, -0.05) is 6.92 Å². The molecule has 7 heteroatoms. The Hall–Kier alpha value is -0.660. The molecule has 1 amide bonds. The van der Waals surface area contributed by atoms with Crippen LogP contribution in [0.5, 0.6) is 0 Å². The SMILES string of the molecule is CC1CC(N)CN(CC(=O)N(C)C2CCS(=O)(=O)C2)C1. The van der Waals surface area contributed by atoms with Crippen LogP contribution >= 0.6 is 0 Å². The lowest BCUT2D eigenvalue weighted by molar-refractivity contribution is -0.133. The van der Waals surface area contributed by atoms with Crippen molar-refractivity contribution in [2.24, 2.45) is 11.7 Å². The number of nitrogens with two attached hydrogens (primary N) is 1. The molecule has 0 radical (unpaired) electrons. The third kappa shape index (κ3) is 3.93. The molecule has 0 spiro atoms. The summed E-state index contributed by atoms with van der Waals surface area (Å²) >= 11 is 0. The minimum Gasteiger partial charge on any atom is -0.341 e. The van der Waals surface area contributed by atoms with Gasteiger partial charge in [-0.3, -0.25) is 9.69 Å². The minimum absolute atomic E-state index is 0.00611. The number of likely N-dealkylation sites (N-methyl/N-ethyl adjacent to an activating group) is 1. The molecule has 3 unspecified atom stereocenters. The first-order valence-electron chi connectivity index (χ1n) is 7.21. The number of carbonyl (C=O) groups is 1. The molecule has 0 bridgehead atoms. The van der Waals surface area contributed by atoms with Crippen molar-refractivity contribution in [3.63, 3.8) is 0 Å². The normalized spacial score (nSPS) is 34.0. The molecule has 3 atom stereocenters. The number of nitrogens with zero attached hydrogens (tertiary/aromatic N) is 2. The summed E-state index contributed by atoms with van der Waals surface area (Å²) in [5.41, 5.74) is 5.98. The molecule has 0 saturated carbocycles. The van der Waals surface area contributed by atoms with E-state index >= 15 is 0 Å². The van der Waals surface area contributed by atoms with Crippen LogP contribution in [0.15, 0.2) is 0 Å². The number of sulfone groups is 1. The van der Waals surface area contributed by atoms with E-state index in [1.807, 2.05) is 0 Å². The van der Waals surface area contributed by atoms with Gasteiger partial charge in [-0.05, 0) is 18.8 Å². The largest absolute Gasteiger partial charge is 0.341 e. The second-order valence-electron chi connectivity index (χ2n) is 6.36. The number of rotatable bonds is 3. The number of amides is 1. The van der Waals surface area contributed by atoms with Crippen LogP contribution in [-0.4, -0.2) is 74.4 Å². The molecule has 6 nitrogen and oxygen atoms in total. The van der Waals surface area contributed by atoms with Crippen LogP contribution < -0.4 is 5.73 Å². The first-order chi connectivity index (χ1) is 9.27. The van der Waals surface area contributed by atoms with Crippen molar-refractivity contribution in [3.8, 4) is 0 Å². The minimum atomic E-state index is -2.95. The lowest BCUT2D eigenvalue weighted by atomic mass is 9.96. The van der Waals surface area contributed by atoms with E-state index in [-0.39, 0.29) is 29.5 Å². The summed E-state index contributed by atoms with van der Waals surface area (Å²) in [6.07, 6.45) is 1.56. The van der Waals surface area contributed by atoms with E-state index in [1.165, 1.54) is 0 Å². The van der Waals surface area contributed by atoms with Gasteiger partial charge in [0.15, 0.2) is 9.84 Å². The fourth-order valence-corrected chi connectivity index (χ4v) is 5.00. The van der Waals surface area contributed by atoms with Crippen molar-refractivity contribution in [3.05, 3.63) is 0 Å². The zero-order valence-corrected chi connectivity index (χ0v) is 13.1. The Kier molecular flexibility index (Phi) is 4.71. The highest BCUT2D eigenvalue weighted by Gasteiger charge is 2.33. The van der Waals surface area contributed by atoms with Gasteiger partial charge in [0.2, 0.25) is 5.91 Å². The zero-order valence-electron chi connectivity index (χ0n) is 12.3. The quantitative estimate of drug-likeness (QED) is 0.745. The number of piperidine rings is 1. The molecule has 0 aromatic heterocycles. The molecule has 0 aromatic rings. The summed E-state index contributed by atoms with van der Waals surface area (Å²) < 4.78 is 23.0. The summed E-state index contributed by atoms with van der Waals surface area (Å²) in [6, 6.07) is -0.0351. The Morgan fingerprint density at radius 1 is 1.40 bits per heavy atom. The molecule has 2 fully saturated rings. The highest BCUT2D eigenvalue weighted by Crippen LogP contribution is 2.18. The van der Waals surface area contributed by atoms with Gasteiger partial charge < -0.3 is 10.6 Å². The fourth-order valence-electron chi connectivity index (χ4n) is 3.23. The molecule has 0 aliphatic carbocycles. The van der Waals surface area contributed by atoms with Crippen LogP contribution in [0.4, 0.5) is 0 Å². The maximum Gasteiger partial charge on any atom is 0.236 e. The molecule has 116 valence electrons. The van der Waals surface area contributed by atoms with Gasteiger partial charge >= 0.3 is 0 Å². The Morgan fingerprint density at radius 3 is 2.65 bits per heavy atom. The standard InChI is InChI=1S/C13H25N3O3S/c1-10-5-11(14)7-16(6-10)8-13(17)15(2)12-3-4-20(18,19)9-12/h10-12H,3-9,14H2,1-2H3. The van der Waals surface area contributed by atoms with Crippen LogP contribution in [0, 0.1) is 5.92 Å². The van der Waals surface area contributed by atoms with Crippen LogP contribution in [0.1, 0.15) is 19.8 Å². The molecule has 2 saturated heterocycles. The maximum atomic E-state index is 12.3. The average Bonchev–Trinajstić information content (AvgIpc) is 2.67. The monoisotopic (exact) mass is 303 g/mol. The van der Waals surface area contributed by atoms with E-state index in [9.17, 15) is 13.2 Å². The van der Waals surface area contributed by atoms with Gasteiger partial charge in [0.1, 0.15) is 0 Å². The van der Waals surface area contributed by atoms with Crippen molar-refractivity contribution in [1.82, 2.24) is 9.80 Å². The van der Waals surface area contributed by atoms with Crippen molar-refractivity contribution in [1.29, 1.82) is 0 Å². The second-order valence-corrected chi connectivity index (χ2v) is 8.59. The van der Waals surface area contributed by atoms with Gasteiger partial charge in [-0.25, -0.2) is 8.42 Å². The van der Waals surface area contributed by atoms with Gasteiger partial charge in [0.05, 0.1) is 18.1 Å². The number of hydrogen-bond donors (Lipinski definition) is 1. The van der Waals surface area contributed by atoms with Crippen molar-refractivity contribution < 1.29 is 13.2 Å². The van der Waals surface area contributed by atoms with Gasteiger partial charge in [0, 0.05) is 32.2 Å². The number of hydrogen-bond acceptors (Lipinski definition) is 5. The van der Waals surface area contributed by atoms with E-state index < -0.39 is 9.84 Å². The van der Waals surface area contributed by atoms with Gasteiger partial charge in [-0.15, -0.1) is 0 Å². The summed E-state index contributed by atoms with van der Waals surface area (Å²) in [4.78, 5) is 16.0. The molecule has 2 N–H and O–H groups in total. The maximum absolute atomic E-state index is 12.3. The lowest BCUT2D eigenvalue weighted by Crippen LogP contribution is -2.51. The van der Waals surface area contributed by atoms with Gasteiger partial charge in [-0.2, -0.15) is 0 Å². The molecule has 0 aromatic carbocycles. The second kappa shape index (κ2) is 5.99. The predicted molar refractivity (Wildman–Crippen MR) is 78.0 cm³/mol. The smallest absolute Gasteiger partial charge is 0.236 e. The first kappa shape index (κ1) is 15.7. The van der Waals surface area contributed by atoms with Crippen molar-refractivity contribution in [2.45, 2.75) is 31.8 Å². The number of likely N-dealkylation sites (tertiary alicyclic amines) is 1. The topological polar surface area (TPSA) is 83.7 Å². The molecule has 2 rings (SSSR count). The van der Waals surface area contributed by atoms with E-state index in [1.54, 1.807) is 11.9 Å². The third-order valence-electron chi connectivity index (χ3n) is 4.28. The molecule has 2 aliphatic rings. The summed E-state index contributed by atoms with van der Waals surface area (Å²) in [5.74, 6) is 0.795. The summed E-state index contributed by atoms with van der Waals surface area (Å²) in [6.45, 7) is 4.11.